The second-order valence-electron chi connectivity index (χ2n) is 3.91. The molecule has 0 unspecified atom stereocenters. The third kappa shape index (κ3) is 3.27. The van der Waals surface area contributed by atoms with Crippen LogP contribution in [0.15, 0.2) is 24.8 Å². The molecule has 2 aromatic rings. The summed E-state index contributed by atoms with van der Waals surface area (Å²) < 4.78 is 6.54. The summed E-state index contributed by atoms with van der Waals surface area (Å²) in [5, 5.41) is 3.09. The standard InChI is InChI=1S/C12H15N5O2/c1-17-6-5-15-11(17)3-4-14-10-8-13-7-9(16-10)12(18)19-2/h5-8H,3-4H2,1-2H3,(H,14,16). The highest BCUT2D eigenvalue weighted by molar-refractivity contribution is 5.87. The number of aromatic nitrogens is 4. The van der Waals surface area contributed by atoms with Gasteiger partial charge in [-0.25, -0.2) is 14.8 Å². The summed E-state index contributed by atoms with van der Waals surface area (Å²) in [5.41, 5.74) is 0.185. The van der Waals surface area contributed by atoms with Crippen LogP contribution in [0.3, 0.4) is 0 Å². The molecule has 100 valence electrons. The number of ether oxygens (including phenoxy) is 1. The first-order chi connectivity index (χ1) is 9.20. The first-order valence-corrected chi connectivity index (χ1v) is 5.81. The normalized spacial score (nSPS) is 10.2. The molecule has 0 aliphatic heterocycles. The third-order valence-corrected chi connectivity index (χ3v) is 2.60. The van der Waals surface area contributed by atoms with Crippen molar-refractivity contribution in [3.63, 3.8) is 0 Å². The van der Waals surface area contributed by atoms with E-state index in [0.717, 1.165) is 12.2 Å². The van der Waals surface area contributed by atoms with E-state index >= 15 is 0 Å². The van der Waals surface area contributed by atoms with Gasteiger partial charge in [0.1, 0.15) is 11.6 Å². The predicted octanol–water partition coefficient (Wildman–Crippen LogP) is 0.651. The highest BCUT2D eigenvalue weighted by atomic mass is 16.5. The number of nitrogens with one attached hydrogen (secondary N) is 1. The highest BCUT2D eigenvalue weighted by Gasteiger charge is 2.08. The minimum Gasteiger partial charge on any atom is -0.464 e. The lowest BCUT2D eigenvalue weighted by molar-refractivity contribution is 0.0593. The number of carbonyl (C=O) groups is 1. The molecule has 19 heavy (non-hydrogen) atoms. The van der Waals surface area contributed by atoms with Gasteiger partial charge in [0.25, 0.3) is 0 Å². The largest absolute Gasteiger partial charge is 0.464 e. The Bertz CT molecular complexity index is 567. The van der Waals surface area contributed by atoms with E-state index in [1.54, 1.807) is 12.4 Å². The molecular formula is C12H15N5O2. The molecule has 0 saturated heterocycles. The van der Waals surface area contributed by atoms with Crippen LogP contribution in [0.1, 0.15) is 16.3 Å². The maximum Gasteiger partial charge on any atom is 0.358 e. The van der Waals surface area contributed by atoms with E-state index in [4.69, 9.17) is 0 Å². The van der Waals surface area contributed by atoms with E-state index in [9.17, 15) is 4.79 Å². The Labute approximate surface area is 110 Å². The Kier molecular flexibility index (Phi) is 4.07. The molecule has 0 spiro atoms. The Morgan fingerprint density at radius 3 is 3.00 bits per heavy atom. The van der Waals surface area contributed by atoms with E-state index in [0.29, 0.717) is 12.4 Å². The van der Waals surface area contributed by atoms with Crippen molar-refractivity contribution in [3.05, 3.63) is 36.3 Å². The molecule has 2 heterocycles. The zero-order valence-corrected chi connectivity index (χ0v) is 10.8. The SMILES string of the molecule is COC(=O)c1cncc(NCCc2nccn2C)n1. The molecule has 0 aromatic carbocycles. The summed E-state index contributed by atoms with van der Waals surface area (Å²) in [6.45, 7) is 0.657. The van der Waals surface area contributed by atoms with Gasteiger partial charge in [0.15, 0.2) is 5.69 Å². The number of imidazole rings is 1. The van der Waals surface area contributed by atoms with Crippen molar-refractivity contribution >= 4 is 11.8 Å². The van der Waals surface area contributed by atoms with Crippen LogP contribution in [0.5, 0.6) is 0 Å². The third-order valence-electron chi connectivity index (χ3n) is 2.60. The fraction of sp³-hybridized carbons (Fsp3) is 0.333. The summed E-state index contributed by atoms with van der Waals surface area (Å²) >= 11 is 0. The van der Waals surface area contributed by atoms with Crippen molar-refractivity contribution < 1.29 is 9.53 Å². The number of carbonyl (C=O) groups excluding carboxylic acids is 1. The van der Waals surface area contributed by atoms with Crippen LogP contribution >= 0.6 is 0 Å². The van der Waals surface area contributed by atoms with Gasteiger partial charge in [-0.1, -0.05) is 0 Å². The molecule has 0 atom stereocenters. The van der Waals surface area contributed by atoms with Crippen LogP contribution in [0, 0.1) is 0 Å². The van der Waals surface area contributed by atoms with Crippen LogP contribution in [0.25, 0.3) is 0 Å². The Balaban J connectivity index is 1.93. The molecular weight excluding hydrogens is 246 g/mol. The molecule has 0 fully saturated rings. The van der Waals surface area contributed by atoms with E-state index in [2.05, 4.69) is 25.0 Å². The molecule has 2 aromatic heterocycles. The number of nitrogens with zero attached hydrogens (tertiary/aromatic N) is 4. The quantitative estimate of drug-likeness (QED) is 0.796. The first kappa shape index (κ1) is 13.0. The summed E-state index contributed by atoms with van der Waals surface area (Å²) in [6, 6.07) is 0. The van der Waals surface area contributed by atoms with Crippen LogP contribution in [0.2, 0.25) is 0 Å². The number of esters is 1. The Hall–Kier alpha value is -2.44. The molecule has 0 bridgehead atoms. The van der Waals surface area contributed by atoms with Crippen molar-refractivity contribution in [1.29, 1.82) is 0 Å². The minimum absolute atomic E-state index is 0.185. The van der Waals surface area contributed by atoms with E-state index < -0.39 is 5.97 Å². The van der Waals surface area contributed by atoms with E-state index in [-0.39, 0.29) is 5.69 Å². The van der Waals surface area contributed by atoms with Gasteiger partial charge >= 0.3 is 5.97 Å². The average molecular weight is 261 g/mol. The van der Waals surface area contributed by atoms with Gasteiger partial charge in [-0.15, -0.1) is 0 Å². The lowest BCUT2D eigenvalue weighted by Gasteiger charge is -2.06. The minimum atomic E-state index is -0.500. The monoisotopic (exact) mass is 261 g/mol. The Morgan fingerprint density at radius 1 is 1.47 bits per heavy atom. The zero-order chi connectivity index (χ0) is 13.7. The van der Waals surface area contributed by atoms with Gasteiger partial charge < -0.3 is 14.6 Å². The van der Waals surface area contributed by atoms with Gasteiger partial charge in [-0.3, -0.25) is 4.98 Å². The average Bonchev–Trinajstić information content (AvgIpc) is 2.84. The van der Waals surface area contributed by atoms with Crippen LogP contribution in [-0.4, -0.2) is 39.1 Å². The van der Waals surface area contributed by atoms with E-state index in [1.165, 1.54) is 13.3 Å². The second-order valence-corrected chi connectivity index (χ2v) is 3.91. The molecule has 2 rings (SSSR count). The summed E-state index contributed by atoms with van der Waals surface area (Å²) in [7, 11) is 3.26. The lowest BCUT2D eigenvalue weighted by Crippen LogP contribution is -2.12. The Morgan fingerprint density at radius 2 is 2.32 bits per heavy atom. The van der Waals surface area contributed by atoms with Gasteiger partial charge in [0, 0.05) is 32.4 Å². The summed E-state index contributed by atoms with van der Waals surface area (Å²) in [5.74, 6) is 1.02. The second kappa shape index (κ2) is 5.94. The predicted molar refractivity (Wildman–Crippen MR) is 68.8 cm³/mol. The van der Waals surface area contributed by atoms with Gasteiger partial charge in [-0.05, 0) is 0 Å². The first-order valence-electron chi connectivity index (χ1n) is 5.81. The van der Waals surface area contributed by atoms with Gasteiger partial charge in [0.05, 0.1) is 19.5 Å². The summed E-state index contributed by atoms with van der Waals surface area (Å²) in [4.78, 5) is 23.6. The van der Waals surface area contributed by atoms with Crippen molar-refractivity contribution in [3.8, 4) is 0 Å². The lowest BCUT2D eigenvalue weighted by atomic mass is 10.4. The van der Waals surface area contributed by atoms with Crippen molar-refractivity contribution in [2.24, 2.45) is 7.05 Å². The number of methoxy groups -OCH3 is 1. The van der Waals surface area contributed by atoms with Crippen LogP contribution < -0.4 is 5.32 Å². The number of aryl methyl sites for hydroxylation is 1. The molecule has 7 nitrogen and oxygen atoms in total. The van der Waals surface area contributed by atoms with Crippen LogP contribution in [-0.2, 0) is 18.2 Å². The molecule has 0 aliphatic carbocycles. The smallest absolute Gasteiger partial charge is 0.358 e. The topological polar surface area (TPSA) is 81.9 Å². The van der Waals surface area contributed by atoms with Gasteiger partial charge in [-0.2, -0.15) is 0 Å². The molecule has 0 aliphatic rings. The number of anilines is 1. The number of rotatable bonds is 5. The molecule has 0 radical (unpaired) electrons. The van der Waals surface area contributed by atoms with E-state index in [1.807, 2.05) is 17.8 Å². The number of hydrogen-bond acceptors (Lipinski definition) is 6. The number of hydrogen-bond donors (Lipinski definition) is 1. The van der Waals surface area contributed by atoms with Crippen molar-refractivity contribution in [2.75, 3.05) is 19.0 Å². The van der Waals surface area contributed by atoms with Gasteiger partial charge in [0.2, 0.25) is 0 Å². The van der Waals surface area contributed by atoms with Crippen molar-refractivity contribution in [2.45, 2.75) is 6.42 Å². The fourth-order valence-electron chi connectivity index (χ4n) is 1.59. The fourth-order valence-corrected chi connectivity index (χ4v) is 1.59. The molecule has 0 saturated carbocycles. The molecule has 1 N–H and O–H groups in total. The van der Waals surface area contributed by atoms with Crippen molar-refractivity contribution in [1.82, 2.24) is 19.5 Å². The summed E-state index contributed by atoms with van der Waals surface area (Å²) in [6.07, 6.45) is 7.34. The maximum absolute atomic E-state index is 11.3. The highest BCUT2D eigenvalue weighted by Crippen LogP contribution is 2.04. The van der Waals surface area contributed by atoms with Crippen LogP contribution in [0.4, 0.5) is 5.82 Å². The molecule has 7 heteroatoms. The zero-order valence-electron chi connectivity index (χ0n) is 10.8. The maximum atomic E-state index is 11.3. The molecule has 0 amide bonds.